The number of anilines is 5. The monoisotopic (exact) mass is 1310 g/mol. The van der Waals surface area contributed by atoms with Crippen LogP contribution in [0.4, 0.5) is 55.4 Å². The number of nitrogens with two attached hydrogens (primary N) is 1. The van der Waals surface area contributed by atoms with Crippen molar-refractivity contribution in [3.05, 3.63) is 199 Å². The Morgan fingerprint density at radius 2 is 1.01 bits per heavy atom. The van der Waals surface area contributed by atoms with Crippen molar-refractivity contribution in [2.45, 2.75) is 31.7 Å². The van der Waals surface area contributed by atoms with Gasteiger partial charge in [0.15, 0.2) is 28.9 Å². The summed E-state index contributed by atoms with van der Waals surface area (Å²) in [4.78, 5) is 60.4. The standard InChI is InChI=1S/C20H12F3N7O2S.C12H9N5O.C8H4BrF3N2OS.C8H5ClN2O.C4H5N3.CH4/c21-20(22,23)19-28-18(29-32-19)15-4-3-12(33-15)11-30(16-9-24-5-6-25-16)17-10-26-13(8-27-17)14-2-1-7-31-14;1-2-10(18-5-1)9-6-16-12(8-15-9)17-11-7-13-3-4-14-11;9-3-4-1-2-5(16-4)6-13-7(15-14-6)8(10,11)12;9-8-5-10-6(4-11-8)7-2-1-3-12-7;5-4-3-6-1-2-7-4;/h1-10H,11H2;1-8H,(H,14,16,17);1-2H,3H2;1-5H;1-3H,(H2,5,7);1H4. The van der Waals surface area contributed by atoms with Crippen LogP contribution in [0.15, 0.2) is 195 Å². The third kappa shape index (κ3) is 18.1. The summed E-state index contributed by atoms with van der Waals surface area (Å²) in [5.74, 6) is 1.79. The summed E-state index contributed by atoms with van der Waals surface area (Å²) in [5.41, 5.74) is 7.12. The summed E-state index contributed by atoms with van der Waals surface area (Å²) in [5, 5.41) is 10.7. The predicted molar refractivity (Wildman–Crippen MR) is 308 cm³/mol. The number of nitrogens with zero attached hydrogens (tertiary/aromatic N) is 17. The molecule has 0 unspecified atom stereocenters. The lowest BCUT2D eigenvalue weighted by Crippen LogP contribution is -2.18. The van der Waals surface area contributed by atoms with Crippen molar-refractivity contribution in [2.75, 3.05) is 16.0 Å². The van der Waals surface area contributed by atoms with E-state index in [-0.39, 0.29) is 19.1 Å². The third-order valence-corrected chi connectivity index (χ3v) is 13.6. The van der Waals surface area contributed by atoms with Crippen LogP contribution in [-0.2, 0) is 24.2 Å². The Balaban J connectivity index is 0.000000154. The van der Waals surface area contributed by atoms with Crippen molar-refractivity contribution in [1.29, 1.82) is 0 Å². The maximum Gasteiger partial charge on any atom is 0.471 e. The highest BCUT2D eigenvalue weighted by Gasteiger charge is 2.39. The van der Waals surface area contributed by atoms with Gasteiger partial charge in [-0.25, -0.2) is 44.9 Å². The lowest BCUT2D eigenvalue weighted by atomic mass is 10.3. The van der Waals surface area contributed by atoms with Crippen LogP contribution in [0, 0.1) is 0 Å². The highest BCUT2D eigenvalue weighted by atomic mass is 79.9. The fraction of sp³-hybridized carbons (Fsp3) is 0.0943. The van der Waals surface area contributed by atoms with Gasteiger partial charge in [0, 0.05) is 52.3 Å². The van der Waals surface area contributed by atoms with Crippen molar-refractivity contribution in [3.63, 3.8) is 0 Å². The molecule has 3 N–H and O–H groups in total. The Morgan fingerprint density at radius 3 is 1.41 bits per heavy atom. The first kappa shape index (κ1) is 62.8. The number of hydrogen-bond acceptors (Lipinski definition) is 26. The number of thiophene rings is 2. The number of nitrogen functional groups attached to an aromatic ring is 1. The van der Waals surface area contributed by atoms with Crippen LogP contribution in [0.5, 0.6) is 0 Å². The first-order valence-corrected chi connectivity index (χ1v) is 27.2. The smallest absolute Gasteiger partial charge is 0.463 e. The third-order valence-electron chi connectivity index (χ3n) is 10.3. The van der Waals surface area contributed by atoms with E-state index in [0.29, 0.717) is 90.2 Å². The molecule has 0 saturated heterocycles. The zero-order chi connectivity index (χ0) is 60.3. The molecule has 0 amide bonds. The van der Waals surface area contributed by atoms with Crippen LogP contribution >= 0.6 is 50.2 Å². The molecule has 444 valence electrons. The number of aromatic nitrogens is 16. The molecule has 13 aromatic heterocycles. The SMILES string of the molecule is C.Clc1cnc(-c2ccco2)cn1.FC(F)(F)c1nc(-c2ccc(CBr)s2)no1.FC(F)(F)c1nc(-c2ccc(CN(c3cnccn3)c3cnc(-c4ccco4)cn3)s2)no1.Nc1cnccn1.c1coc(-c2cnc(Nc3cnccn3)cn2)c1. The molecule has 0 atom stereocenters. The molecule has 13 aromatic rings. The summed E-state index contributed by atoms with van der Waals surface area (Å²) < 4.78 is 99.0. The molecule has 0 aliphatic carbocycles. The Morgan fingerprint density at radius 1 is 0.517 bits per heavy atom. The molecule has 0 bridgehead atoms. The van der Waals surface area contributed by atoms with E-state index in [9.17, 15) is 26.3 Å². The minimum atomic E-state index is -4.70. The molecular formula is C53H39BrClF6N19O5S2. The molecule has 13 heterocycles. The fourth-order valence-corrected chi connectivity index (χ4v) is 8.86. The molecule has 87 heavy (non-hydrogen) atoms. The minimum Gasteiger partial charge on any atom is -0.463 e. The fourth-order valence-electron chi connectivity index (χ4n) is 6.52. The van der Waals surface area contributed by atoms with Crippen LogP contribution in [0.3, 0.4) is 0 Å². The van der Waals surface area contributed by atoms with E-state index in [1.165, 1.54) is 35.1 Å². The average molecular weight is 1320 g/mol. The number of alkyl halides is 7. The molecule has 0 aliphatic heterocycles. The zero-order valence-corrected chi connectivity index (χ0v) is 47.1. The average Bonchev–Trinajstić information content (AvgIpc) is 4.60. The normalized spacial score (nSPS) is 10.8. The number of furan rings is 3. The number of rotatable bonds is 12. The van der Waals surface area contributed by atoms with E-state index in [4.69, 9.17) is 30.6 Å². The maximum atomic E-state index is 12.8. The van der Waals surface area contributed by atoms with E-state index in [1.807, 2.05) is 18.2 Å². The van der Waals surface area contributed by atoms with Crippen molar-refractivity contribution in [2.24, 2.45) is 0 Å². The van der Waals surface area contributed by atoms with Gasteiger partial charge in [-0.05, 0) is 60.7 Å². The van der Waals surface area contributed by atoms with Gasteiger partial charge in [-0.15, -0.1) is 22.7 Å². The Labute approximate surface area is 507 Å². The minimum absolute atomic E-state index is 0. The maximum absolute atomic E-state index is 12.8. The van der Waals surface area contributed by atoms with E-state index in [0.717, 1.165) is 9.75 Å². The second-order valence-electron chi connectivity index (χ2n) is 16.2. The topological polar surface area (TPSA) is 313 Å². The Hall–Kier alpha value is -10.3. The van der Waals surface area contributed by atoms with Gasteiger partial charge in [-0.1, -0.05) is 45.3 Å². The molecule has 0 aliphatic rings. The van der Waals surface area contributed by atoms with Gasteiger partial charge in [0.25, 0.3) is 0 Å². The van der Waals surface area contributed by atoms with E-state index < -0.39 is 24.1 Å². The summed E-state index contributed by atoms with van der Waals surface area (Å²) in [6.45, 7) is 0.308. The molecule has 24 nitrogen and oxygen atoms in total. The van der Waals surface area contributed by atoms with Crippen molar-refractivity contribution >= 4 is 79.3 Å². The second kappa shape index (κ2) is 30.0. The summed E-state index contributed by atoms with van der Waals surface area (Å²) in [6.07, 6.45) is 19.0. The van der Waals surface area contributed by atoms with Crippen LogP contribution in [0.2, 0.25) is 5.15 Å². The quantitative estimate of drug-likeness (QED) is 0.0848. The van der Waals surface area contributed by atoms with Crippen LogP contribution in [0.25, 0.3) is 55.8 Å². The Kier molecular flexibility index (Phi) is 21.7. The molecule has 13 rings (SSSR count). The molecule has 0 fully saturated rings. The van der Waals surface area contributed by atoms with E-state index >= 15 is 0 Å². The first-order chi connectivity index (χ1) is 41.6. The molecular weight excluding hydrogens is 1280 g/mol. The summed E-state index contributed by atoms with van der Waals surface area (Å²) >= 11 is 11.3. The van der Waals surface area contributed by atoms with Crippen LogP contribution in [-0.4, -0.2) is 80.1 Å². The van der Waals surface area contributed by atoms with Gasteiger partial charge < -0.3 is 38.2 Å². The van der Waals surface area contributed by atoms with E-state index in [2.05, 4.69) is 110 Å². The number of nitrogens with one attached hydrogen (secondary N) is 1. The van der Waals surface area contributed by atoms with E-state index in [1.54, 1.807) is 147 Å². The molecule has 0 spiro atoms. The van der Waals surface area contributed by atoms with Gasteiger partial charge >= 0.3 is 24.1 Å². The van der Waals surface area contributed by atoms with Gasteiger partial charge in [0.1, 0.15) is 39.7 Å². The van der Waals surface area contributed by atoms with Crippen molar-refractivity contribution < 1.29 is 48.6 Å². The van der Waals surface area contributed by atoms with Crippen LogP contribution < -0.4 is 16.0 Å². The van der Waals surface area contributed by atoms with Gasteiger partial charge in [-0.2, -0.15) is 36.3 Å². The van der Waals surface area contributed by atoms with Crippen LogP contribution in [0.1, 0.15) is 29.0 Å². The number of halogens is 8. The predicted octanol–water partition coefficient (Wildman–Crippen LogP) is 14.1. The highest BCUT2D eigenvalue weighted by molar-refractivity contribution is 9.08. The summed E-state index contributed by atoms with van der Waals surface area (Å²) in [7, 11) is 0. The molecule has 0 saturated carbocycles. The lowest BCUT2D eigenvalue weighted by molar-refractivity contribution is -0.160. The van der Waals surface area contributed by atoms with Gasteiger partial charge in [0.05, 0.1) is 90.9 Å². The molecule has 0 radical (unpaired) electrons. The zero-order valence-electron chi connectivity index (χ0n) is 43.1. The second-order valence-corrected chi connectivity index (χ2v) is 19.5. The largest absolute Gasteiger partial charge is 0.471 e. The summed E-state index contributed by atoms with van der Waals surface area (Å²) in [6, 6.07) is 17.6. The lowest BCUT2D eigenvalue weighted by Gasteiger charge is -2.21. The Bertz CT molecular complexity index is 4060. The van der Waals surface area contributed by atoms with Crippen molar-refractivity contribution in [1.82, 2.24) is 80.1 Å². The van der Waals surface area contributed by atoms with Gasteiger partial charge in [-0.3, -0.25) is 15.0 Å². The highest BCUT2D eigenvalue weighted by Crippen LogP contribution is 2.35. The molecule has 34 heteroatoms. The van der Waals surface area contributed by atoms with Gasteiger partial charge in [0.2, 0.25) is 11.6 Å². The van der Waals surface area contributed by atoms with Crippen molar-refractivity contribution in [3.8, 4) is 55.8 Å². The molecule has 0 aromatic carbocycles. The first-order valence-electron chi connectivity index (χ1n) is 24.0. The number of hydrogen-bond donors (Lipinski definition) is 2.